The summed E-state index contributed by atoms with van der Waals surface area (Å²) in [5, 5.41) is 3.55. The molecule has 4 rings (SSSR count). The molecule has 0 aliphatic carbocycles. The number of nitrogens with one attached hydrogen (secondary N) is 1. The molecule has 0 spiro atoms. The second-order valence-electron chi connectivity index (χ2n) is 11.7. The molecular weight excluding hydrogens is 729 g/mol. The molecule has 14 heteroatoms. The number of sulfonamides is 1. The molecule has 0 aliphatic heterocycles. The van der Waals surface area contributed by atoms with Gasteiger partial charge in [-0.05, 0) is 53.9 Å². The molecule has 2 amide bonds. The Morgan fingerprint density at radius 2 is 1.46 bits per heavy atom. The Morgan fingerprint density at radius 1 is 0.769 bits per heavy atom. The largest absolute Gasteiger partial charge is 0.497 e. The first-order valence-corrected chi connectivity index (χ1v) is 18.7. The van der Waals surface area contributed by atoms with Crippen LogP contribution in [0.3, 0.4) is 0 Å². The minimum absolute atomic E-state index is 0.0338. The van der Waals surface area contributed by atoms with Crippen molar-refractivity contribution in [1.29, 1.82) is 0 Å². The third-order valence-electron chi connectivity index (χ3n) is 8.31. The third-order valence-corrected chi connectivity index (χ3v) is 10.8. The fourth-order valence-corrected chi connectivity index (χ4v) is 7.26. The summed E-state index contributed by atoms with van der Waals surface area (Å²) < 4.78 is 52.1. The van der Waals surface area contributed by atoms with Gasteiger partial charge in [-0.25, -0.2) is 8.42 Å². The van der Waals surface area contributed by atoms with E-state index in [9.17, 15) is 18.0 Å². The third kappa shape index (κ3) is 9.81. The fraction of sp³-hybridized carbons (Fsp3) is 0.316. The Bertz CT molecular complexity index is 1950. The van der Waals surface area contributed by atoms with Gasteiger partial charge in [-0.2, -0.15) is 0 Å². The highest BCUT2D eigenvalue weighted by Gasteiger charge is 2.36. The first-order valence-electron chi connectivity index (χ1n) is 16.5. The van der Waals surface area contributed by atoms with E-state index >= 15 is 0 Å². The normalized spacial score (nSPS) is 11.7. The van der Waals surface area contributed by atoms with Gasteiger partial charge in [-0.1, -0.05) is 72.9 Å². The van der Waals surface area contributed by atoms with Crippen LogP contribution in [0.15, 0.2) is 89.8 Å². The number of methoxy groups -OCH3 is 4. The van der Waals surface area contributed by atoms with E-state index in [0.29, 0.717) is 28.6 Å². The number of rotatable bonds is 18. The minimum atomic E-state index is -4.53. The lowest BCUT2D eigenvalue weighted by atomic mass is 10.0. The van der Waals surface area contributed by atoms with Crippen LogP contribution in [0, 0.1) is 0 Å². The van der Waals surface area contributed by atoms with Crippen molar-refractivity contribution in [3.63, 3.8) is 0 Å². The van der Waals surface area contributed by atoms with E-state index in [1.165, 1.54) is 57.6 Å². The van der Waals surface area contributed by atoms with E-state index in [1.54, 1.807) is 30.3 Å². The Morgan fingerprint density at radius 3 is 2.10 bits per heavy atom. The van der Waals surface area contributed by atoms with E-state index in [1.807, 2.05) is 37.3 Å². The van der Waals surface area contributed by atoms with Crippen molar-refractivity contribution in [2.45, 2.75) is 43.7 Å². The van der Waals surface area contributed by atoms with Crippen molar-refractivity contribution in [2.24, 2.45) is 0 Å². The van der Waals surface area contributed by atoms with Gasteiger partial charge in [0, 0.05) is 31.6 Å². The predicted molar refractivity (Wildman–Crippen MR) is 202 cm³/mol. The van der Waals surface area contributed by atoms with Gasteiger partial charge >= 0.3 is 0 Å². The lowest BCUT2D eigenvalue weighted by molar-refractivity contribution is -0.140. The van der Waals surface area contributed by atoms with Crippen LogP contribution in [0.2, 0.25) is 10.0 Å². The van der Waals surface area contributed by atoms with Gasteiger partial charge in [0.05, 0.1) is 49.1 Å². The van der Waals surface area contributed by atoms with Gasteiger partial charge in [0.1, 0.15) is 24.1 Å². The highest BCUT2D eigenvalue weighted by molar-refractivity contribution is 7.92. The number of halogens is 2. The van der Waals surface area contributed by atoms with Crippen LogP contribution >= 0.6 is 23.2 Å². The van der Waals surface area contributed by atoms with Crippen molar-refractivity contribution in [3.05, 3.63) is 106 Å². The number of hydrogen-bond donors (Lipinski definition) is 1. The molecule has 1 atom stereocenters. The molecular formula is C38H43Cl2N3O8S. The number of carbonyl (C=O) groups is 2. The second-order valence-corrected chi connectivity index (χ2v) is 14.4. The maximum Gasteiger partial charge on any atom is 0.265 e. The maximum absolute atomic E-state index is 14.9. The Hall–Kier alpha value is -4.65. The zero-order valence-corrected chi connectivity index (χ0v) is 32.1. The Labute approximate surface area is 315 Å². The number of ether oxygens (including phenoxy) is 4. The van der Waals surface area contributed by atoms with Crippen molar-refractivity contribution in [2.75, 3.05) is 45.8 Å². The molecule has 52 heavy (non-hydrogen) atoms. The Balaban J connectivity index is 1.90. The highest BCUT2D eigenvalue weighted by Crippen LogP contribution is 2.38. The van der Waals surface area contributed by atoms with Crippen LogP contribution in [0.25, 0.3) is 0 Å². The summed E-state index contributed by atoms with van der Waals surface area (Å²) in [5.74, 6) is -0.105. The number of unbranched alkanes of at least 4 members (excludes halogenated alkanes) is 1. The first kappa shape index (κ1) is 40.1. The van der Waals surface area contributed by atoms with Gasteiger partial charge in [0.2, 0.25) is 11.8 Å². The smallest absolute Gasteiger partial charge is 0.265 e. The van der Waals surface area contributed by atoms with Crippen molar-refractivity contribution in [1.82, 2.24) is 10.2 Å². The average Bonchev–Trinajstić information content (AvgIpc) is 3.16. The molecule has 4 aromatic rings. The zero-order chi connectivity index (χ0) is 37.8. The molecule has 1 N–H and O–H groups in total. The van der Waals surface area contributed by atoms with E-state index in [2.05, 4.69) is 5.32 Å². The summed E-state index contributed by atoms with van der Waals surface area (Å²) in [4.78, 5) is 30.1. The van der Waals surface area contributed by atoms with Crippen LogP contribution in [-0.4, -0.2) is 72.7 Å². The average molecular weight is 773 g/mol. The summed E-state index contributed by atoms with van der Waals surface area (Å²) in [6.45, 7) is 1.59. The number of amides is 2. The van der Waals surface area contributed by atoms with Crippen molar-refractivity contribution >= 4 is 50.7 Å². The van der Waals surface area contributed by atoms with E-state index in [-0.39, 0.29) is 46.0 Å². The number of hydrogen-bond acceptors (Lipinski definition) is 8. The summed E-state index contributed by atoms with van der Waals surface area (Å²) in [6.07, 6.45) is 1.73. The molecule has 0 saturated heterocycles. The van der Waals surface area contributed by atoms with Crippen LogP contribution < -0.4 is 28.6 Å². The van der Waals surface area contributed by atoms with Crippen molar-refractivity contribution < 1.29 is 37.0 Å². The molecule has 0 aliphatic rings. The molecule has 0 bridgehead atoms. The van der Waals surface area contributed by atoms with Crippen LogP contribution in [0.1, 0.15) is 30.9 Å². The lowest BCUT2D eigenvalue weighted by Gasteiger charge is -2.34. The quantitative estimate of drug-likeness (QED) is 0.110. The first-order chi connectivity index (χ1) is 25.0. The van der Waals surface area contributed by atoms with E-state index in [0.717, 1.165) is 22.7 Å². The number of benzene rings is 4. The summed E-state index contributed by atoms with van der Waals surface area (Å²) >= 11 is 12.6. The zero-order valence-electron chi connectivity index (χ0n) is 29.7. The molecule has 0 fully saturated rings. The van der Waals surface area contributed by atoms with Gasteiger partial charge in [0.15, 0.2) is 11.5 Å². The highest BCUT2D eigenvalue weighted by atomic mass is 35.5. The molecule has 4 aromatic carbocycles. The molecule has 278 valence electrons. The molecule has 1 unspecified atom stereocenters. The fourth-order valence-electron chi connectivity index (χ4n) is 5.50. The van der Waals surface area contributed by atoms with Gasteiger partial charge in [-0.15, -0.1) is 0 Å². The monoisotopic (exact) mass is 771 g/mol. The maximum atomic E-state index is 14.9. The number of nitrogens with zero attached hydrogens (tertiary/aromatic N) is 2. The van der Waals surface area contributed by atoms with E-state index < -0.39 is 28.5 Å². The van der Waals surface area contributed by atoms with Gasteiger partial charge in [-0.3, -0.25) is 13.9 Å². The van der Waals surface area contributed by atoms with Crippen LogP contribution in [-0.2, 0) is 32.6 Å². The van der Waals surface area contributed by atoms with Crippen LogP contribution in [0.4, 0.5) is 5.69 Å². The van der Waals surface area contributed by atoms with Gasteiger partial charge < -0.3 is 29.2 Å². The SMILES string of the molecule is CCCCNC(=O)C(Cc1ccccc1)N(Cc1ccc(Cl)c(Cl)c1)C(=O)CN(c1cc(OC)ccc1OC)S(=O)(=O)c1ccc(OC)c(OC)c1. The Kier molecular flexibility index (Phi) is 14.4. The molecule has 0 aromatic heterocycles. The summed E-state index contributed by atoms with van der Waals surface area (Å²) in [6, 6.07) is 21.9. The van der Waals surface area contributed by atoms with Gasteiger partial charge in [0.25, 0.3) is 10.0 Å². The molecule has 0 heterocycles. The number of carbonyl (C=O) groups excluding carboxylic acids is 2. The molecule has 0 saturated carbocycles. The standard InChI is InChI=1S/C38H43Cl2N3O8S/c1-6-7-19-41-38(45)33(21-26-11-9-8-10-12-26)42(24-27-13-16-30(39)31(40)20-27)37(44)25-43(32-22-28(48-2)14-17-34(32)49-3)52(46,47)29-15-18-35(50-4)36(23-29)51-5/h8-18,20,22-23,33H,6-7,19,21,24-25H2,1-5H3,(H,41,45). The second kappa shape index (κ2) is 18.7. The summed E-state index contributed by atoms with van der Waals surface area (Å²) in [7, 11) is 1.12. The summed E-state index contributed by atoms with van der Waals surface area (Å²) in [5.41, 5.74) is 1.41. The minimum Gasteiger partial charge on any atom is -0.497 e. The molecule has 11 nitrogen and oxygen atoms in total. The predicted octanol–water partition coefficient (Wildman–Crippen LogP) is 6.78. The van der Waals surface area contributed by atoms with Crippen LogP contribution in [0.5, 0.6) is 23.0 Å². The van der Waals surface area contributed by atoms with E-state index in [4.69, 9.17) is 42.1 Å². The number of anilines is 1. The lowest BCUT2D eigenvalue weighted by Crippen LogP contribution is -2.53. The van der Waals surface area contributed by atoms with Crippen molar-refractivity contribution in [3.8, 4) is 23.0 Å². The topological polar surface area (TPSA) is 124 Å². The molecule has 0 radical (unpaired) electrons.